The number of rotatable bonds is 7. The highest BCUT2D eigenvalue weighted by Gasteiger charge is 2.33. The van der Waals surface area contributed by atoms with Crippen LogP contribution in [0.2, 0.25) is 0 Å². The molecule has 2 rings (SSSR count). The van der Waals surface area contributed by atoms with Gasteiger partial charge in [-0.05, 0) is 38.3 Å². The summed E-state index contributed by atoms with van der Waals surface area (Å²) in [5, 5.41) is 3.65. The van der Waals surface area contributed by atoms with Crippen LogP contribution >= 0.6 is 0 Å². The van der Waals surface area contributed by atoms with Gasteiger partial charge in [-0.3, -0.25) is 0 Å². The Morgan fingerprint density at radius 2 is 2.19 bits per heavy atom. The van der Waals surface area contributed by atoms with Gasteiger partial charge in [-0.1, -0.05) is 6.08 Å². The number of ether oxygens (including phenoxy) is 1. The van der Waals surface area contributed by atoms with Crippen molar-refractivity contribution in [2.45, 2.75) is 25.3 Å². The van der Waals surface area contributed by atoms with Gasteiger partial charge < -0.3 is 15.0 Å². The number of fused-ring (bicyclic) bond motifs is 2. The normalized spacial score (nSPS) is 32.9. The van der Waals surface area contributed by atoms with Crippen molar-refractivity contribution < 1.29 is 4.74 Å². The van der Waals surface area contributed by atoms with Gasteiger partial charge in [-0.2, -0.15) is 0 Å². The molecule has 3 unspecified atom stereocenters. The molecule has 92 valence electrons. The zero-order chi connectivity index (χ0) is 11.2. The molecule has 0 aromatic carbocycles. The number of nitrogens with one attached hydrogen (secondary N) is 1. The molecular formula is C13H24N2O. The number of nitrogens with zero attached hydrogens (tertiary/aromatic N) is 1. The predicted molar refractivity (Wildman–Crippen MR) is 66.6 cm³/mol. The first kappa shape index (κ1) is 12.1. The summed E-state index contributed by atoms with van der Waals surface area (Å²) in [5.41, 5.74) is 0. The molecular weight excluding hydrogens is 200 g/mol. The van der Waals surface area contributed by atoms with Crippen molar-refractivity contribution in [2.24, 2.45) is 5.92 Å². The van der Waals surface area contributed by atoms with Crippen molar-refractivity contribution in [2.75, 3.05) is 39.4 Å². The van der Waals surface area contributed by atoms with Crippen LogP contribution in [-0.2, 0) is 4.74 Å². The molecule has 2 fully saturated rings. The van der Waals surface area contributed by atoms with Crippen LogP contribution < -0.4 is 5.32 Å². The molecule has 0 aliphatic carbocycles. The molecule has 1 N–H and O–H groups in total. The Morgan fingerprint density at radius 3 is 3.06 bits per heavy atom. The second-order valence-electron chi connectivity index (χ2n) is 4.89. The quantitative estimate of drug-likeness (QED) is 0.520. The van der Waals surface area contributed by atoms with Crippen LogP contribution in [0.5, 0.6) is 0 Å². The first-order chi connectivity index (χ1) is 7.90. The van der Waals surface area contributed by atoms with E-state index in [0.29, 0.717) is 0 Å². The topological polar surface area (TPSA) is 24.5 Å². The summed E-state index contributed by atoms with van der Waals surface area (Å²) in [6, 6.07) is 0.738. The van der Waals surface area contributed by atoms with Gasteiger partial charge in [0.25, 0.3) is 0 Å². The Kier molecular flexibility index (Phi) is 4.82. The van der Waals surface area contributed by atoms with Crippen molar-refractivity contribution in [1.82, 2.24) is 10.2 Å². The van der Waals surface area contributed by atoms with E-state index in [1.807, 2.05) is 6.08 Å². The van der Waals surface area contributed by atoms with Crippen LogP contribution in [-0.4, -0.2) is 50.3 Å². The minimum atomic E-state index is 0.738. The molecule has 16 heavy (non-hydrogen) atoms. The van der Waals surface area contributed by atoms with Crippen molar-refractivity contribution in [3.05, 3.63) is 12.7 Å². The van der Waals surface area contributed by atoms with Crippen molar-refractivity contribution in [3.63, 3.8) is 0 Å². The second kappa shape index (κ2) is 6.38. The minimum absolute atomic E-state index is 0.738. The van der Waals surface area contributed by atoms with E-state index >= 15 is 0 Å². The summed E-state index contributed by atoms with van der Waals surface area (Å²) in [6.45, 7) is 10.2. The lowest BCUT2D eigenvalue weighted by molar-refractivity contribution is 0.131. The molecule has 0 amide bonds. The summed E-state index contributed by atoms with van der Waals surface area (Å²) in [4.78, 5) is 2.59. The minimum Gasteiger partial charge on any atom is -0.380 e. The second-order valence-corrected chi connectivity index (χ2v) is 4.89. The van der Waals surface area contributed by atoms with E-state index in [1.54, 1.807) is 0 Å². The Labute approximate surface area is 98.8 Å². The van der Waals surface area contributed by atoms with Gasteiger partial charge in [-0.25, -0.2) is 0 Å². The Hall–Kier alpha value is -0.380. The Balaban J connectivity index is 1.54. The van der Waals surface area contributed by atoms with Crippen molar-refractivity contribution in [3.8, 4) is 0 Å². The van der Waals surface area contributed by atoms with E-state index < -0.39 is 0 Å². The molecule has 0 aromatic heterocycles. The summed E-state index contributed by atoms with van der Waals surface area (Å²) in [7, 11) is 0. The monoisotopic (exact) mass is 224 g/mol. The SMILES string of the molecule is C=CCCOCCNC1CCN2CCC1C2. The zero-order valence-electron chi connectivity index (χ0n) is 10.2. The lowest BCUT2D eigenvalue weighted by atomic mass is 9.94. The molecule has 0 radical (unpaired) electrons. The maximum atomic E-state index is 5.50. The zero-order valence-corrected chi connectivity index (χ0v) is 10.2. The molecule has 3 atom stereocenters. The van der Waals surface area contributed by atoms with E-state index in [2.05, 4.69) is 16.8 Å². The third kappa shape index (κ3) is 3.30. The van der Waals surface area contributed by atoms with Gasteiger partial charge in [0.1, 0.15) is 0 Å². The highest BCUT2D eigenvalue weighted by atomic mass is 16.5. The van der Waals surface area contributed by atoms with Crippen LogP contribution in [0.15, 0.2) is 12.7 Å². The first-order valence-corrected chi connectivity index (χ1v) is 6.54. The van der Waals surface area contributed by atoms with Crippen molar-refractivity contribution in [1.29, 1.82) is 0 Å². The molecule has 2 saturated heterocycles. The molecule has 0 spiro atoms. The highest BCUT2D eigenvalue weighted by Crippen LogP contribution is 2.26. The van der Waals surface area contributed by atoms with Gasteiger partial charge in [-0.15, -0.1) is 6.58 Å². The lowest BCUT2D eigenvalue weighted by Crippen LogP contribution is -2.44. The van der Waals surface area contributed by atoms with Crippen LogP contribution in [0.4, 0.5) is 0 Å². The molecule has 2 aliphatic heterocycles. The third-order valence-electron chi connectivity index (χ3n) is 3.75. The summed E-state index contributed by atoms with van der Waals surface area (Å²) < 4.78 is 5.50. The van der Waals surface area contributed by atoms with Crippen LogP contribution in [0.25, 0.3) is 0 Å². The number of hydrogen-bond donors (Lipinski definition) is 1. The standard InChI is InChI=1S/C13H24N2O/c1-2-3-9-16-10-6-14-13-5-8-15-7-4-12(13)11-15/h2,12-14H,1,3-11H2. The van der Waals surface area contributed by atoms with E-state index in [-0.39, 0.29) is 0 Å². The van der Waals surface area contributed by atoms with Gasteiger partial charge >= 0.3 is 0 Å². The Morgan fingerprint density at radius 1 is 1.31 bits per heavy atom. The fourth-order valence-electron chi connectivity index (χ4n) is 2.81. The van der Waals surface area contributed by atoms with Gasteiger partial charge in [0.15, 0.2) is 0 Å². The predicted octanol–water partition coefficient (Wildman–Crippen LogP) is 1.26. The third-order valence-corrected chi connectivity index (χ3v) is 3.75. The number of piperidine rings is 1. The molecule has 2 bridgehead atoms. The highest BCUT2D eigenvalue weighted by molar-refractivity contribution is 4.90. The average Bonchev–Trinajstić information content (AvgIpc) is 2.69. The fraction of sp³-hybridized carbons (Fsp3) is 0.846. The van der Waals surface area contributed by atoms with Crippen molar-refractivity contribution >= 4 is 0 Å². The molecule has 3 nitrogen and oxygen atoms in total. The molecule has 2 aliphatic rings. The maximum absolute atomic E-state index is 5.50. The Bertz CT molecular complexity index is 220. The lowest BCUT2D eigenvalue weighted by Gasteiger charge is -2.31. The van der Waals surface area contributed by atoms with E-state index in [4.69, 9.17) is 4.74 Å². The van der Waals surface area contributed by atoms with E-state index in [0.717, 1.165) is 38.1 Å². The molecule has 3 heteroatoms. The van der Waals surface area contributed by atoms with Gasteiger partial charge in [0, 0.05) is 19.1 Å². The van der Waals surface area contributed by atoms with Crippen LogP contribution in [0, 0.1) is 5.92 Å². The van der Waals surface area contributed by atoms with Gasteiger partial charge in [0.05, 0.1) is 13.2 Å². The smallest absolute Gasteiger partial charge is 0.0591 e. The summed E-state index contributed by atoms with van der Waals surface area (Å²) in [5.74, 6) is 0.891. The summed E-state index contributed by atoms with van der Waals surface area (Å²) in [6.07, 6.45) is 5.56. The molecule has 0 aromatic rings. The largest absolute Gasteiger partial charge is 0.380 e. The van der Waals surface area contributed by atoms with Crippen LogP contribution in [0.3, 0.4) is 0 Å². The molecule has 0 saturated carbocycles. The fourth-order valence-corrected chi connectivity index (χ4v) is 2.81. The average molecular weight is 224 g/mol. The van der Waals surface area contributed by atoms with Crippen LogP contribution in [0.1, 0.15) is 19.3 Å². The maximum Gasteiger partial charge on any atom is 0.0591 e. The van der Waals surface area contributed by atoms with Gasteiger partial charge in [0.2, 0.25) is 0 Å². The van der Waals surface area contributed by atoms with E-state index in [9.17, 15) is 0 Å². The number of hydrogen-bond acceptors (Lipinski definition) is 3. The first-order valence-electron chi connectivity index (χ1n) is 6.54. The summed E-state index contributed by atoms with van der Waals surface area (Å²) >= 11 is 0. The molecule has 2 heterocycles. The van der Waals surface area contributed by atoms with E-state index in [1.165, 1.54) is 32.5 Å².